The molecule has 5 heteroatoms. The van der Waals surface area contributed by atoms with Crippen molar-refractivity contribution in [3.63, 3.8) is 0 Å². The molecule has 15 heavy (non-hydrogen) atoms. The second kappa shape index (κ2) is 4.51. The Morgan fingerprint density at radius 1 is 1.47 bits per heavy atom. The van der Waals surface area contributed by atoms with Gasteiger partial charge in [-0.2, -0.15) is 4.39 Å². The molecule has 0 saturated heterocycles. The van der Waals surface area contributed by atoms with Gasteiger partial charge in [-0.05, 0) is 12.5 Å². The molecule has 0 heterocycles. The molecule has 0 N–H and O–H groups in total. The van der Waals surface area contributed by atoms with Crippen LogP contribution in [0.1, 0.15) is 12.0 Å². The van der Waals surface area contributed by atoms with Gasteiger partial charge in [-0.3, -0.25) is 10.1 Å². The van der Waals surface area contributed by atoms with Crippen molar-refractivity contribution in [2.75, 3.05) is 0 Å². The van der Waals surface area contributed by atoms with Crippen molar-refractivity contribution in [1.29, 1.82) is 0 Å². The summed E-state index contributed by atoms with van der Waals surface area (Å²) in [4.78, 5) is 9.47. The van der Waals surface area contributed by atoms with E-state index in [9.17, 15) is 18.9 Å². The summed E-state index contributed by atoms with van der Waals surface area (Å²) in [5.41, 5.74) is -1.06. The van der Waals surface area contributed by atoms with Gasteiger partial charge in [0.2, 0.25) is 5.82 Å². The van der Waals surface area contributed by atoms with Gasteiger partial charge in [-0.15, -0.1) is 12.3 Å². The van der Waals surface area contributed by atoms with Crippen LogP contribution >= 0.6 is 0 Å². The van der Waals surface area contributed by atoms with Crippen molar-refractivity contribution in [1.82, 2.24) is 0 Å². The molecule has 0 spiro atoms. The summed E-state index contributed by atoms with van der Waals surface area (Å²) in [7, 11) is 0. The number of nitrogens with zero attached hydrogens (tertiary/aromatic N) is 1. The molecular weight excluding hydrogens is 204 g/mol. The molecule has 0 fully saturated rings. The van der Waals surface area contributed by atoms with Gasteiger partial charge in [-0.1, -0.05) is 0 Å². The third kappa shape index (κ3) is 2.29. The minimum absolute atomic E-state index is 0.0458. The van der Waals surface area contributed by atoms with Crippen molar-refractivity contribution < 1.29 is 13.7 Å². The zero-order valence-corrected chi connectivity index (χ0v) is 7.67. The van der Waals surface area contributed by atoms with Crippen LogP contribution in [-0.2, 0) is 6.42 Å². The lowest BCUT2D eigenvalue weighted by Crippen LogP contribution is -2.00. The molecule has 1 aromatic rings. The van der Waals surface area contributed by atoms with Crippen LogP contribution in [-0.4, -0.2) is 4.92 Å². The van der Waals surface area contributed by atoms with E-state index in [1.807, 2.05) is 0 Å². The van der Waals surface area contributed by atoms with Gasteiger partial charge in [-0.25, -0.2) is 4.39 Å². The Hall–Kier alpha value is -1.96. The van der Waals surface area contributed by atoms with Crippen LogP contribution in [0.2, 0.25) is 0 Å². The Balaban J connectivity index is 3.19. The van der Waals surface area contributed by atoms with Crippen molar-refractivity contribution in [3.8, 4) is 12.3 Å². The van der Waals surface area contributed by atoms with Gasteiger partial charge < -0.3 is 0 Å². The molecule has 0 amide bonds. The van der Waals surface area contributed by atoms with Gasteiger partial charge in [0.15, 0.2) is 0 Å². The van der Waals surface area contributed by atoms with Gasteiger partial charge in [0.1, 0.15) is 5.82 Å². The maximum atomic E-state index is 13.4. The maximum absolute atomic E-state index is 13.4. The third-order valence-corrected chi connectivity index (χ3v) is 1.88. The number of nitro benzene ring substituents is 1. The predicted octanol–water partition coefficient (Wildman–Crippen LogP) is 2.44. The largest absolute Gasteiger partial charge is 0.305 e. The molecule has 0 aromatic heterocycles. The highest BCUT2D eigenvalue weighted by atomic mass is 19.1. The highest BCUT2D eigenvalue weighted by Gasteiger charge is 2.20. The highest BCUT2D eigenvalue weighted by Crippen LogP contribution is 2.23. The fourth-order valence-electron chi connectivity index (χ4n) is 1.15. The molecule has 1 aromatic carbocycles. The van der Waals surface area contributed by atoms with Crippen LogP contribution in [0.4, 0.5) is 14.5 Å². The number of nitro groups is 1. The summed E-state index contributed by atoms with van der Waals surface area (Å²) < 4.78 is 26.4. The maximum Gasteiger partial charge on any atom is 0.305 e. The Morgan fingerprint density at radius 2 is 2.13 bits per heavy atom. The van der Waals surface area contributed by atoms with E-state index in [4.69, 9.17) is 6.42 Å². The first-order valence-electron chi connectivity index (χ1n) is 4.12. The van der Waals surface area contributed by atoms with Gasteiger partial charge in [0.05, 0.1) is 4.92 Å². The van der Waals surface area contributed by atoms with Gasteiger partial charge in [0, 0.05) is 18.1 Å². The van der Waals surface area contributed by atoms with E-state index in [0.717, 1.165) is 12.1 Å². The van der Waals surface area contributed by atoms with Crippen LogP contribution in [0.25, 0.3) is 0 Å². The molecule has 0 aliphatic rings. The summed E-state index contributed by atoms with van der Waals surface area (Å²) in [6.07, 6.45) is 5.03. The lowest BCUT2D eigenvalue weighted by atomic mass is 10.1. The molecule has 0 saturated carbocycles. The molecule has 78 valence electrons. The number of halogens is 2. The fourth-order valence-corrected chi connectivity index (χ4v) is 1.15. The Bertz CT molecular complexity index is 438. The van der Waals surface area contributed by atoms with E-state index in [1.54, 1.807) is 0 Å². The Labute approximate surface area is 84.9 Å². The topological polar surface area (TPSA) is 43.1 Å². The zero-order chi connectivity index (χ0) is 11.4. The second-order valence-electron chi connectivity index (χ2n) is 2.82. The Kier molecular flexibility index (Phi) is 3.34. The summed E-state index contributed by atoms with van der Waals surface area (Å²) in [6, 6.07) is 1.66. The van der Waals surface area contributed by atoms with E-state index in [-0.39, 0.29) is 18.4 Å². The number of hydrogen-bond acceptors (Lipinski definition) is 2. The van der Waals surface area contributed by atoms with Crippen LogP contribution < -0.4 is 0 Å². The molecule has 3 nitrogen and oxygen atoms in total. The summed E-state index contributed by atoms with van der Waals surface area (Å²) in [6.45, 7) is 0. The number of hydrogen-bond donors (Lipinski definition) is 0. The van der Waals surface area contributed by atoms with Crippen molar-refractivity contribution in [3.05, 3.63) is 39.4 Å². The van der Waals surface area contributed by atoms with Crippen molar-refractivity contribution >= 4 is 5.69 Å². The number of terminal acetylenes is 1. The van der Waals surface area contributed by atoms with E-state index in [0.29, 0.717) is 0 Å². The summed E-state index contributed by atoms with van der Waals surface area (Å²) in [5, 5.41) is 10.4. The normalized spacial score (nSPS) is 9.67. The van der Waals surface area contributed by atoms with Crippen LogP contribution in [0.3, 0.4) is 0 Å². The number of rotatable bonds is 3. The van der Waals surface area contributed by atoms with E-state index < -0.39 is 22.2 Å². The number of benzene rings is 1. The molecular formula is C10H7F2NO2. The summed E-state index contributed by atoms with van der Waals surface area (Å²) >= 11 is 0. The SMILES string of the molecule is C#CCCc1c(F)ccc([N+](=O)[O-])c1F. The monoisotopic (exact) mass is 211 g/mol. The standard InChI is InChI=1S/C10H7F2NO2/c1-2-3-4-7-8(11)5-6-9(10(7)12)13(14)15/h1,5-6H,3-4H2. The minimum atomic E-state index is -1.14. The molecule has 0 radical (unpaired) electrons. The first-order chi connectivity index (χ1) is 7.07. The van der Waals surface area contributed by atoms with E-state index in [1.165, 1.54) is 0 Å². The van der Waals surface area contributed by atoms with Crippen LogP contribution in [0.15, 0.2) is 12.1 Å². The first kappa shape index (κ1) is 11.1. The lowest BCUT2D eigenvalue weighted by Gasteiger charge is -2.02. The molecule has 0 aliphatic heterocycles. The lowest BCUT2D eigenvalue weighted by molar-refractivity contribution is -0.387. The predicted molar refractivity (Wildman–Crippen MR) is 50.2 cm³/mol. The Morgan fingerprint density at radius 3 is 2.67 bits per heavy atom. The van der Waals surface area contributed by atoms with Crippen LogP contribution in [0.5, 0.6) is 0 Å². The molecule has 1 rings (SSSR count). The fraction of sp³-hybridized carbons (Fsp3) is 0.200. The minimum Gasteiger partial charge on any atom is -0.258 e. The van der Waals surface area contributed by atoms with Crippen LogP contribution in [0, 0.1) is 34.1 Å². The van der Waals surface area contributed by atoms with E-state index >= 15 is 0 Å². The first-order valence-corrected chi connectivity index (χ1v) is 4.12. The molecule has 0 bridgehead atoms. The smallest absolute Gasteiger partial charge is 0.258 e. The molecule has 0 atom stereocenters. The zero-order valence-electron chi connectivity index (χ0n) is 7.67. The van der Waals surface area contributed by atoms with Gasteiger partial charge in [0.25, 0.3) is 0 Å². The van der Waals surface area contributed by atoms with Gasteiger partial charge >= 0.3 is 5.69 Å². The molecule has 0 unspecified atom stereocenters. The van der Waals surface area contributed by atoms with Crippen molar-refractivity contribution in [2.45, 2.75) is 12.8 Å². The quantitative estimate of drug-likeness (QED) is 0.437. The third-order valence-electron chi connectivity index (χ3n) is 1.88. The highest BCUT2D eigenvalue weighted by molar-refractivity contribution is 5.38. The van der Waals surface area contributed by atoms with E-state index in [2.05, 4.69) is 5.92 Å². The summed E-state index contributed by atoms with van der Waals surface area (Å²) in [5.74, 6) is 0.261. The average molecular weight is 211 g/mol. The molecule has 0 aliphatic carbocycles. The second-order valence-corrected chi connectivity index (χ2v) is 2.82. The average Bonchev–Trinajstić information content (AvgIpc) is 2.17. The van der Waals surface area contributed by atoms with Crippen molar-refractivity contribution in [2.24, 2.45) is 0 Å².